The maximum absolute atomic E-state index is 12.4. The molecule has 1 heterocycles. The van der Waals surface area contributed by atoms with E-state index in [-0.39, 0.29) is 17.9 Å². The quantitative estimate of drug-likeness (QED) is 0.441. The van der Waals surface area contributed by atoms with E-state index >= 15 is 0 Å². The van der Waals surface area contributed by atoms with Crippen molar-refractivity contribution in [1.29, 1.82) is 0 Å². The molecule has 3 rings (SSSR count). The molecule has 0 unspecified atom stereocenters. The van der Waals surface area contributed by atoms with Crippen LogP contribution in [0.2, 0.25) is 0 Å². The number of fused-ring (bicyclic) bond motifs is 1. The van der Waals surface area contributed by atoms with Gasteiger partial charge in [-0.2, -0.15) is 0 Å². The van der Waals surface area contributed by atoms with Gasteiger partial charge in [-0.3, -0.25) is 19.0 Å². The van der Waals surface area contributed by atoms with Crippen molar-refractivity contribution in [3.63, 3.8) is 0 Å². The van der Waals surface area contributed by atoms with Gasteiger partial charge in [0.25, 0.3) is 5.56 Å². The van der Waals surface area contributed by atoms with Crippen LogP contribution in [0, 0.1) is 0 Å². The van der Waals surface area contributed by atoms with Gasteiger partial charge in [0.05, 0.1) is 28.8 Å². The number of carbonyl (C=O) groups excluding carboxylic acids is 2. The molecule has 0 radical (unpaired) electrons. The zero-order valence-corrected chi connectivity index (χ0v) is 15.9. The lowest BCUT2D eigenvalue weighted by molar-refractivity contribution is -0.143. The fraction of sp³-hybridized carbons (Fsp3) is 0.158. The molecule has 0 bridgehead atoms. The summed E-state index contributed by atoms with van der Waals surface area (Å²) >= 11 is 3.30. The van der Waals surface area contributed by atoms with Crippen molar-refractivity contribution in [1.82, 2.24) is 9.55 Å². The number of methoxy groups -OCH3 is 1. The first-order valence-corrected chi connectivity index (χ1v) is 8.75. The highest BCUT2D eigenvalue weighted by Crippen LogP contribution is 2.25. The molecule has 0 atom stereocenters. The van der Waals surface area contributed by atoms with E-state index in [1.165, 1.54) is 13.4 Å². The van der Waals surface area contributed by atoms with E-state index in [1.54, 1.807) is 42.5 Å². The molecule has 0 aliphatic heterocycles. The molecule has 138 valence electrons. The number of halogens is 1. The van der Waals surface area contributed by atoms with Crippen LogP contribution in [0.25, 0.3) is 10.9 Å². The summed E-state index contributed by atoms with van der Waals surface area (Å²) in [4.78, 5) is 40.7. The Morgan fingerprint density at radius 3 is 2.70 bits per heavy atom. The number of hydrogen-bond acceptors (Lipinski definition) is 6. The van der Waals surface area contributed by atoms with Gasteiger partial charge in [-0.05, 0) is 46.3 Å². The fourth-order valence-electron chi connectivity index (χ4n) is 2.47. The Bertz CT molecular complexity index is 1080. The Labute approximate surface area is 162 Å². The summed E-state index contributed by atoms with van der Waals surface area (Å²) < 4.78 is 11.9. The molecule has 0 fully saturated rings. The molecule has 0 spiro atoms. The molecule has 0 aliphatic rings. The molecule has 0 N–H and O–H groups in total. The van der Waals surface area contributed by atoms with Crippen molar-refractivity contribution < 1.29 is 19.1 Å². The van der Waals surface area contributed by atoms with Crippen molar-refractivity contribution in [3.05, 3.63) is 69.2 Å². The number of para-hydroxylation sites is 1. The topological polar surface area (TPSA) is 87.5 Å². The Morgan fingerprint density at radius 2 is 1.96 bits per heavy atom. The molecular weight excluding hydrogens is 416 g/mol. The van der Waals surface area contributed by atoms with Crippen LogP contribution in [0.3, 0.4) is 0 Å². The number of aromatic nitrogens is 2. The molecule has 0 saturated carbocycles. The average molecular weight is 431 g/mol. The molecule has 0 aliphatic carbocycles. The molecule has 27 heavy (non-hydrogen) atoms. The molecule has 1 aromatic heterocycles. The summed E-state index contributed by atoms with van der Waals surface area (Å²) in [5.74, 6) is -0.475. The van der Waals surface area contributed by atoms with E-state index in [0.29, 0.717) is 26.7 Å². The maximum atomic E-state index is 12.4. The first-order valence-electron chi connectivity index (χ1n) is 7.96. The van der Waals surface area contributed by atoms with Crippen molar-refractivity contribution in [2.45, 2.75) is 6.54 Å². The van der Waals surface area contributed by atoms with Crippen LogP contribution in [0.15, 0.2) is 58.1 Å². The zero-order chi connectivity index (χ0) is 19.4. The third-order valence-electron chi connectivity index (χ3n) is 3.87. The molecular formula is C19H15BrN2O5. The van der Waals surface area contributed by atoms with Gasteiger partial charge in [0, 0.05) is 5.56 Å². The highest BCUT2D eigenvalue weighted by atomic mass is 79.9. The van der Waals surface area contributed by atoms with Crippen molar-refractivity contribution in [2.24, 2.45) is 0 Å². The van der Waals surface area contributed by atoms with Crippen LogP contribution >= 0.6 is 15.9 Å². The van der Waals surface area contributed by atoms with Crippen LogP contribution in [0.1, 0.15) is 10.4 Å². The average Bonchev–Trinajstić information content (AvgIpc) is 2.68. The van der Waals surface area contributed by atoms with Gasteiger partial charge in [-0.1, -0.05) is 12.1 Å². The Hall–Kier alpha value is -3.00. The minimum absolute atomic E-state index is 0.323. The second-order valence-electron chi connectivity index (χ2n) is 5.63. The van der Waals surface area contributed by atoms with Gasteiger partial charge in [-0.15, -0.1) is 0 Å². The van der Waals surface area contributed by atoms with E-state index in [0.717, 1.165) is 4.57 Å². The number of nitrogens with zero attached hydrogens (tertiary/aromatic N) is 2. The number of benzene rings is 2. The minimum Gasteiger partial charge on any atom is -0.496 e. The number of rotatable bonds is 6. The summed E-state index contributed by atoms with van der Waals surface area (Å²) in [5.41, 5.74) is 0.579. The molecule has 8 heteroatoms. The van der Waals surface area contributed by atoms with E-state index in [1.807, 2.05) is 0 Å². The number of esters is 1. The number of hydrogen-bond donors (Lipinski definition) is 0. The lowest BCUT2D eigenvalue weighted by atomic mass is 10.1. The monoisotopic (exact) mass is 430 g/mol. The summed E-state index contributed by atoms with van der Waals surface area (Å²) in [6.07, 6.45) is 1.29. The van der Waals surface area contributed by atoms with Crippen LogP contribution < -0.4 is 10.3 Å². The number of Topliss-reactive ketones (excluding diaryl/α,β-unsaturated/α-hetero) is 1. The highest BCUT2D eigenvalue weighted by molar-refractivity contribution is 9.10. The number of ketones is 1. The van der Waals surface area contributed by atoms with Crippen molar-refractivity contribution in [3.8, 4) is 5.75 Å². The van der Waals surface area contributed by atoms with Crippen LogP contribution in [0.4, 0.5) is 0 Å². The van der Waals surface area contributed by atoms with Crippen LogP contribution in [-0.2, 0) is 16.1 Å². The van der Waals surface area contributed by atoms with Crippen molar-refractivity contribution >= 4 is 38.6 Å². The van der Waals surface area contributed by atoms with Gasteiger partial charge in [0.2, 0.25) is 0 Å². The van der Waals surface area contributed by atoms with Crippen LogP contribution in [0.5, 0.6) is 5.75 Å². The second kappa shape index (κ2) is 8.13. The molecule has 7 nitrogen and oxygen atoms in total. The lowest BCUT2D eigenvalue weighted by Crippen LogP contribution is -2.26. The van der Waals surface area contributed by atoms with Gasteiger partial charge >= 0.3 is 5.97 Å². The maximum Gasteiger partial charge on any atom is 0.326 e. The molecule has 3 aromatic rings. The lowest BCUT2D eigenvalue weighted by Gasteiger charge is -2.08. The minimum atomic E-state index is -0.699. The summed E-state index contributed by atoms with van der Waals surface area (Å²) in [5, 5.41) is 0.409. The van der Waals surface area contributed by atoms with Gasteiger partial charge in [0.15, 0.2) is 12.4 Å². The van der Waals surface area contributed by atoms with E-state index < -0.39 is 12.6 Å². The van der Waals surface area contributed by atoms with E-state index in [2.05, 4.69) is 20.9 Å². The van der Waals surface area contributed by atoms with Gasteiger partial charge in [0.1, 0.15) is 12.3 Å². The Balaban J connectivity index is 1.65. The van der Waals surface area contributed by atoms with Crippen molar-refractivity contribution in [2.75, 3.05) is 13.7 Å². The summed E-state index contributed by atoms with van der Waals surface area (Å²) in [6.45, 7) is -0.746. The first kappa shape index (κ1) is 18.8. The van der Waals surface area contributed by atoms with E-state index in [9.17, 15) is 14.4 Å². The SMILES string of the molecule is COc1ccc(C(=O)COC(=O)Cn2cnc3ccccc3c2=O)cc1Br. The molecule has 2 aromatic carbocycles. The molecule has 0 amide bonds. The fourth-order valence-corrected chi connectivity index (χ4v) is 3.01. The Kier molecular flexibility index (Phi) is 5.66. The normalized spacial score (nSPS) is 10.6. The second-order valence-corrected chi connectivity index (χ2v) is 6.48. The predicted molar refractivity (Wildman–Crippen MR) is 102 cm³/mol. The number of carbonyl (C=O) groups is 2. The first-order chi connectivity index (χ1) is 13.0. The Morgan fingerprint density at radius 1 is 1.19 bits per heavy atom. The van der Waals surface area contributed by atoms with Crippen LogP contribution in [-0.4, -0.2) is 35.0 Å². The van der Waals surface area contributed by atoms with E-state index in [4.69, 9.17) is 9.47 Å². The van der Waals surface area contributed by atoms with Gasteiger partial charge in [-0.25, -0.2) is 4.98 Å². The van der Waals surface area contributed by atoms with Gasteiger partial charge < -0.3 is 9.47 Å². The highest BCUT2D eigenvalue weighted by Gasteiger charge is 2.13. The standard InChI is InChI=1S/C19H15BrN2O5/c1-26-17-7-6-12(8-14(17)20)16(23)10-27-18(24)9-22-11-21-15-5-3-2-4-13(15)19(22)25/h2-8,11H,9-10H2,1H3. The predicted octanol–water partition coefficient (Wildman–Crippen LogP) is 2.59. The third kappa shape index (κ3) is 4.22. The zero-order valence-electron chi connectivity index (χ0n) is 14.3. The molecule has 0 saturated heterocycles. The smallest absolute Gasteiger partial charge is 0.326 e. The summed E-state index contributed by atoms with van der Waals surface area (Å²) in [7, 11) is 1.52. The number of ether oxygens (including phenoxy) is 2. The third-order valence-corrected chi connectivity index (χ3v) is 4.49. The largest absolute Gasteiger partial charge is 0.496 e. The summed E-state index contributed by atoms with van der Waals surface area (Å²) in [6, 6.07) is 11.7.